The van der Waals surface area contributed by atoms with E-state index in [0.717, 1.165) is 0 Å². The summed E-state index contributed by atoms with van der Waals surface area (Å²) in [5, 5.41) is 18.8. The van der Waals surface area contributed by atoms with Gasteiger partial charge in [-0.25, -0.2) is 0 Å². The summed E-state index contributed by atoms with van der Waals surface area (Å²) in [4.78, 5) is 0. The van der Waals surface area contributed by atoms with E-state index < -0.39 is 0 Å². The van der Waals surface area contributed by atoms with Crippen LogP contribution in [0.15, 0.2) is 20.7 Å². The van der Waals surface area contributed by atoms with Crippen LogP contribution in [0.5, 0.6) is 0 Å². The van der Waals surface area contributed by atoms with Crippen molar-refractivity contribution >= 4 is 5.96 Å². The van der Waals surface area contributed by atoms with Crippen LogP contribution in [0.4, 0.5) is 0 Å². The quantitative estimate of drug-likeness (QED) is 0.441. The number of nitrogens with zero attached hydrogens (tertiary/aromatic N) is 4. The van der Waals surface area contributed by atoms with Gasteiger partial charge in [-0.1, -0.05) is 10.2 Å². The van der Waals surface area contributed by atoms with E-state index in [-0.39, 0.29) is 11.4 Å². The third-order valence-electron chi connectivity index (χ3n) is 0.319. The molecule has 1 heterocycles. The number of hydrogen-bond donors (Lipinski definition) is 1. The van der Waals surface area contributed by atoms with Crippen molar-refractivity contribution in [2.75, 3.05) is 0 Å². The van der Waals surface area contributed by atoms with E-state index in [1.807, 2.05) is 0 Å². The predicted molar refractivity (Wildman–Crippen MR) is 21.1 cm³/mol. The minimum atomic E-state index is -0.130. The second kappa shape index (κ2) is 2.08. The summed E-state index contributed by atoms with van der Waals surface area (Å²) < 4.78 is 0. The minimum Gasteiger partial charge on any atom is -0.412 e. The van der Waals surface area contributed by atoms with Gasteiger partial charge in [-0.05, 0) is 10.4 Å². The third-order valence-corrected chi connectivity index (χ3v) is 0.319. The Hall–Kier alpha value is -1.17. The highest BCUT2D eigenvalue weighted by atomic mass is 16.0. The van der Waals surface area contributed by atoms with Gasteiger partial charge in [0.1, 0.15) is 0 Å². The van der Waals surface area contributed by atoms with Gasteiger partial charge in [0.25, 0.3) is 5.96 Å². The molecule has 6 heteroatoms. The molecule has 0 fully saturated rings. The van der Waals surface area contributed by atoms with Crippen LogP contribution in [0.3, 0.4) is 0 Å². The van der Waals surface area contributed by atoms with Crippen molar-refractivity contribution in [3.63, 3.8) is 0 Å². The van der Waals surface area contributed by atoms with Crippen LogP contribution >= 0.6 is 0 Å². The average molecular weight is 101 g/mol. The first-order valence-electron chi connectivity index (χ1n) is 1.30. The maximum Gasteiger partial charge on any atom is 0.284 e. The van der Waals surface area contributed by atoms with Gasteiger partial charge < -0.3 is 5.48 Å². The Balaban J connectivity index is 0.000000360. The van der Waals surface area contributed by atoms with Gasteiger partial charge in [-0.15, -0.1) is 0 Å². The summed E-state index contributed by atoms with van der Waals surface area (Å²) in [6.07, 6.45) is 0. The van der Waals surface area contributed by atoms with Crippen molar-refractivity contribution in [1.82, 2.24) is 0 Å². The summed E-state index contributed by atoms with van der Waals surface area (Å²) in [5.41, 5.74) is 0. The molecule has 0 saturated carbocycles. The lowest BCUT2D eigenvalue weighted by Crippen LogP contribution is -1.71. The van der Waals surface area contributed by atoms with Crippen LogP contribution in [-0.4, -0.2) is 11.4 Å². The fourth-order valence-electron chi connectivity index (χ4n) is 0.145. The maximum atomic E-state index is 6.53. The van der Waals surface area contributed by atoms with Crippen LogP contribution in [0, 0.1) is 5.41 Å². The van der Waals surface area contributed by atoms with Crippen molar-refractivity contribution in [2.24, 2.45) is 20.7 Å². The maximum absolute atomic E-state index is 6.53. The zero-order chi connectivity index (χ0) is 4.41. The normalized spacial score (nSPS) is 14.6. The summed E-state index contributed by atoms with van der Waals surface area (Å²) in [6.45, 7) is 0. The van der Waals surface area contributed by atoms with Gasteiger partial charge in [-0.2, -0.15) is 0 Å². The molecule has 0 aromatic heterocycles. The van der Waals surface area contributed by atoms with E-state index in [1.54, 1.807) is 0 Å². The first-order chi connectivity index (χ1) is 2.89. The molecule has 1 aliphatic heterocycles. The van der Waals surface area contributed by atoms with Crippen molar-refractivity contribution in [3.05, 3.63) is 0 Å². The van der Waals surface area contributed by atoms with E-state index in [2.05, 4.69) is 20.7 Å². The Labute approximate surface area is 38.8 Å². The van der Waals surface area contributed by atoms with Gasteiger partial charge in [-0.3, -0.25) is 5.41 Å². The van der Waals surface area contributed by atoms with Crippen LogP contribution in [0.2, 0.25) is 0 Å². The standard InChI is InChI=1S/CHN5.H2O/c2-1-3-5-6-4-1;/h2H;1H2. The Morgan fingerprint density at radius 2 is 1.57 bits per heavy atom. The number of nitrogens with one attached hydrogen (secondary N) is 1. The molecule has 6 nitrogen and oxygen atoms in total. The first-order valence-corrected chi connectivity index (χ1v) is 1.30. The molecule has 0 radical (unpaired) electrons. The Kier molecular flexibility index (Phi) is 1.74. The highest BCUT2D eigenvalue weighted by Crippen LogP contribution is 1.92. The van der Waals surface area contributed by atoms with Crippen LogP contribution in [0.1, 0.15) is 0 Å². The molecule has 38 valence electrons. The van der Waals surface area contributed by atoms with E-state index in [1.165, 1.54) is 0 Å². The smallest absolute Gasteiger partial charge is 0.284 e. The van der Waals surface area contributed by atoms with Crippen LogP contribution < -0.4 is 0 Å². The molecule has 0 aromatic rings. The van der Waals surface area contributed by atoms with Gasteiger partial charge in [0.05, 0.1) is 0 Å². The summed E-state index contributed by atoms with van der Waals surface area (Å²) >= 11 is 0. The predicted octanol–water partition coefficient (Wildman–Crippen LogP) is -0.0705. The Morgan fingerprint density at radius 1 is 1.14 bits per heavy atom. The molecule has 0 saturated heterocycles. The Morgan fingerprint density at radius 3 is 1.71 bits per heavy atom. The van der Waals surface area contributed by atoms with Gasteiger partial charge in [0, 0.05) is 0 Å². The number of hydrogen-bond acceptors (Lipinski definition) is 3. The van der Waals surface area contributed by atoms with Crippen molar-refractivity contribution in [1.29, 1.82) is 5.41 Å². The lowest BCUT2D eigenvalue weighted by molar-refractivity contribution is 0.824. The van der Waals surface area contributed by atoms with Crippen LogP contribution in [-0.2, 0) is 0 Å². The molecule has 0 aromatic carbocycles. The lowest BCUT2D eigenvalue weighted by atomic mass is 11.1. The van der Waals surface area contributed by atoms with Gasteiger partial charge in [0.2, 0.25) is 0 Å². The number of guanidine groups is 1. The lowest BCUT2D eigenvalue weighted by Gasteiger charge is -1.60. The van der Waals surface area contributed by atoms with E-state index in [4.69, 9.17) is 5.41 Å². The highest BCUT2D eigenvalue weighted by Gasteiger charge is 1.90. The van der Waals surface area contributed by atoms with Gasteiger partial charge in [0.15, 0.2) is 0 Å². The largest absolute Gasteiger partial charge is 0.412 e. The van der Waals surface area contributed by atoms with E-state index in [9.17, 15) is 0 Å². The summed E-state index contributed by atoms with van der Waals surface area (Å²) in [6, 6.07) is 0. The molecule has 0 aliphatic carbocycles. The fourth-order valence-corrected chi connectivity index (χ4v) is 0.145. The van der Waals surface area contributed by atoms with E-state index >= 15 is 0 Å². The van der Waals surface area contributed by atoms with Crippen molar-refractivity contribution in [3.8, 4) is 0 Å². The second-order valence-electron chi connectivity index (χ2n) is 0.702. The van der Waals surface area contributed by atoms with Crippen molar-refractivity contribution < 1.29 is 5.48 Å². The molecule has 0 atom stereocenters. The molecule has 1 aliphatic rings. The molecule has 1 rings (SSSR count). The van der Waals surface area contributed by atoms with Crippen LogP contribution in [0.25, 0.3) is 0 Å². The highest BCUT2D eigenvalue weighted by molar-refractivity contribution is 5.77. The third kappa shape index (κ3) is 1.14. The number of rotatable bonds is 0. The fraction of sp³-hybridized carbons (Fsp3) is 0. The summed E-state index contributed by atoms with van der Waals surface area (Å²) in [5.74, 6) is -0.130. The minimum absolute atomic E-state index is 0. The summed E-state index contributed by atoms with van der Waals surface area (Å²) in [7, 11) is 0. The molecule has 0 unspecified atom stereocenters. The molecule has 0 bridgehead atoms. The Bertz CT molecular complexity index is 110. The second-order valence-corrected chi connectivity index (χ2v) is 0.702. The van der Waals surface area contributed by atoms with E-state index in [0.29, 0.717) is 0 Å². The zero-order valence-corrected chi connectivity index (χ0v) is 3.29. The zero-order valence-electron chi connectivity index (χ0n) is 3.29. The van der Waals surface area contributed by atoms with Gasteiger partial charge >= 0.3 is 0 Å². The average Bonchev–Trinajstić information content (AvgIpc) is 1.86. The monoisotopic (exact) mass is 101 g/mol. The molecular weight excluding hydrogens is 98.0 g/mol. The molecule has 0 spiro atoms. The molecule has 7 heavy (non-hydrogen) atoms. The first kappa shape index (κ1) is 5.83. The topological polar surface area (TPSA) is 105 Å². The SMILES string of the molecule is N=C1N=NN=N1.O. The molecule has 3 N–H and O–H groups in total. The molecular formula is CH3N5O. The van der Waals surface area contributed by atoms with Crippen molar-refractivity contribution in [2.45, 2.75) is 0 Å². The molecule has 0 amide bonds.